The lowest BCUT2D eigenvalue weighted by atomic mass is 10.4. The Balaban J connectivity index is 2.66. The van der Waals surface area contributed by atoms with Crippen LogP contribution in [0.2, 0.25) is 0 Å². The summed E-state index contributed by atoms with van der Waals surface area (Å²) in [6.45, 7) is 1.91. The van der Waals surface area contributed by atoms with Gasteiger partial charge in [0.1, 0.15) is 5.69 Å². The van der Waals surface area contributed by atoms with Crippen molar-refractivity contribution in [2.24, 2.45) is 0 Å². The van der Waals surface area contributed by atoms with Crippen LogP contribution in [0.3, 0.4) is 0 Å². The predicted octanol–water partition coefficient (Wildman–Crippen LogP) is -0.0998. The summed E-state index contributed by atoms with van der Waals surface area (Å²) in [5, 5.41) is 15.3. The molecule has 0 saturated heterocycles. The standard InChI is InChI=1S/C7H9N5O2/c1-2-3-9-6-4(8)5(7(13)14)11-12(6)10-3/h11H,2,8H2,1H3,(H,13,14). The van der Waals surface area contributed by atoms with Gasteiger partial charge in [0, 0.05) is 6.42 Å². The molecule has 0 aliphatic rings. The Bertz CT molecular complexity index is 497. The number of anilines is 1. The van der Waals surface area contributed by atoms with Gasteiger partial charge in [-0.1, -0.05) is 6.92 Å². The van der Waals surface area contributed by atoms with Crippen molar-refractivity contribution in [3.63, 3.8) is 0 Å². The van der Waals surface area contributed by atoms with Gasteiger partial charge in [0.05, 0.1) is 0 Å². The van der Waals surface area contributed by atoms with Gasteiger partial charge in [-0.2, -0.15) is 4.63 Å². The minimum Gasteiger partial charge on any atom is -0.476 e. The number of hydrogen-bond acceptors (Lipinski definition) is 4. The molecule has 2 aromatic heterocycles. The molecular weight excluding hydrogens is 186 g/mol. The molecule has 2 heterocycles. The number of aromatic nitrogens is 4. The highest BCUT2D eigenvalue weighted by molar-refractivity contribution is 5.95. The highest BCUT2D eigenvalue weighted by atomic mass is 16.4. The predicted molar refractivity (Wildman–Crippen MR) is 48.1 cm³/mol. The van der Waals surface area contributed by atoms with Crippen molar-refractivity contribution < 1.29 is 9.90 Å². The molecule has 0 spiro atoms. The molecule has 0 fully saturated rings. The molecule has 74 valence electrons. The first-order valence-corrected chi connectivity index (χ1v) is 4.10. The monoisotopic (exact) mass is 195 g/mol. The van der Waals surface area contributed by atoms with E-state index in [4.69, 9.17) is 10.8 Å². The zero-order valence-electron chi connectivity index (χ0n) is 7.48. The molecule has 7 heteroatoms. The Labute approximate surface area is 78.5 Å². The van der Waals surface area contributed by atoms with E-state index in [1.54, 1.807) is 0 Å². The Morgan fingerprint density at radius 1 is 1.71 bits per heavy atom. The maximum atomic E-state index is 10.7. The fraction of sp³-hybridized carbons (Fsp3) is 0.286. The second kappa shape index (κ2) is 2.72. The van der Waals surface area contributed by atoms with Crippen LogP contribution in [0.1, 0.15) is 23.2 Å². The molecule has 0 atom stereocenters. The van der Waals surface area contributed by atoms with Crippen LogP contribution < -0.4 is 5.73 Å². The number of carbonyl (C=O) groups is 1. The molecule has 4 N–H and O–H groups in total. The number of nitrogens with two attached hydrogens (primary N) is 1. The molecule has 0 aromatic carbocycles. The number of nitrogens with one attached hydrogen (secondary N) is 1. The summed E-state index contributed by atoms with van der Waals surface area (Å²) >= 11 is 0. The van der Waals surface area contributed by atoms with Crippen molar-refractivity contribution in [2.75, 3.05) is 5.73 Å². The van der Waals surface area contributed by atoms with Crippen LogP contribution in [0, 0.1) is 0 Å². The lowest BCUT2D eigenvalue weighted by molar-refractivity contribution is 0.0691. The van der Waals surface area contributed by atoms with Crippen LogP contribution in [0.4, 0.5) is 5.69 Å². The molecule has 0 aliphatic carbocycles. The van der Waals surface area contributed by atoms with Crippen LogP contribution in [-0.4, -0.2) is 30.9 Å². The van der Waals surface area contributed by atoms with E-state index in [2.05, 4.69) is 15.2 Å². The third kappa shape index (κ3) is 1.02. The summed E-state index contributed by atoms with van der Waals surface area (Å²) in [6.07, 6.45) is 0.678. The van der Waals surface area contributed by atoms with E-state index >= 15 is 0 Å². The van der Waals surface area contributed by atoms with Crippen molar-refractivity contribution in [3.05, 3.63) is 11.5 Å². The number of H-pyrrole nitrogens is 1. The minimum atomic E-state index is -1.12. The number of nitrogens with zero attached hydrogens (tertiary/aromatic N) is 3. The average Bonchev–Trinajstić information content (AvgIpc) is 2.65. The highest BCUT2D eigenvalue weighted by Crippen LogP contribution is 2.16. The number of aromatic carboxylic acids is 1. The second-order valence-electron chi connectivity index (χ2n) is 2.82. The summed E-state index contributed by atoms with van der Waals surface area (Å²) in [6, 6.07) is 0. The maximum absolute atomic E-state index is 10.7. The Morgan fingerprint density at radius 2 is 2.43 bits per heavy atom. The number of fused-ring (bicyclic) bond motifs is 1. The van der Waals surface area contributed by atoms with Gasteiger partial charge >= 0.3 is 5.97 Å². The van der Waals surface area contributed by atoms with Crippen LogP contribution in [0.5, 0.6) is 0 Å². The number of carboxylic acid groups (broad SMARTS) is 1. The van der Waals surface area contributed by atoms with Crippen molar-refractivity contribution in [1.29, 1.82) is 0 Å². The summed E-state index contributed by atoms with van der Waals surface area (Å²) in [5.74, 6) is -0.493. The van der Waals surface area contributed by atoms with Crippen LogP contribution in [0.15, 0.2) is 0 Å². The normalized spacial score (nSPS) is 10.9. The lowest BCUT2D eigenvalue weighted by Crippen LogP contribution is -2.02. The summed E-state index contributed by atoms with van der Waals surface area (Å²) < 4.78 is 1.28. The van der Waals surface area contributed by atoms with E-state index in [-0.39, 0.29) is 11.4 Å². The fourth-order valence-electron chi connectivity index (χ4n) is 1.20. The first-order chi connectivity index (χ1) is 6.63. The third-order valence-corrected chi connectivity index (χ3v) is 1.91. The molecule has 0 radical (unpaired) electrons. The van der Waals surface area contributed by atoms with E-state index in [1.807, 2.05) is 6.92 Å². The molecule has 0 saturated carbocycles. The van der Waals surface area contributed by atoms with Gasteiger partial charge < -0.3 is 10.8 Å². The van der Waals surface area contributed by atoms with Gasteiger partial charge in [0.15, 0.2) is 17.2 Å². The average molecular weight is 195 g/mol. The molecule has 0 aliphatic heterocycles. The number of carboxylic acids is 1. The first kappa shape index (κ1) is 8.54. The summed E-state index contributed by atoms with van der Waals surface area (Å²) in [4.78, 5) is 14.7. The molecule has 7 nitrogen and oxygen atoms in total. The van der Waals surface area contributed by atoms with E-state index in [0.717, 1.165) is 0 Å². The van der Waals surface area contributed by atoms with Crippen LogP contribution in [0.25, 0.3) is 5.65 Å². The number of aromatic amines is 1. The van der Waals surface area contributed by atoms with Gasteiger partial charge in [-0.3, -0.25) is 5.10 Å². The van der Waals surface area contributed by atoms with Crippen molar-refractivity contribution in [1.82, 2.24) is 19.8 Å². The molecular formula is C7H9N5O2. The molecule has 0 unspecified atom stereocenters. The third-order valence-electron chi connectivity index (χ3n) is 1.91. The van der Waals surface area contributed by atoms with Crippen LogP contribution in [-0.2, 0) is 6.42 Å². The van der Waals surface area contributed by atoms with Crippen molar-refractivity contribution >= 4 is 17.3 Å². The molecule has 2 aromatic rings. The van der Waals surface area contributed by atoms with E-state index in [9.17, 15) is 4.79 Å². The summed E-state index contributed by atoms with van der Waals surface area (Å²) in [7, 11) is 0. The topological polar surface area (TPSA) is 109 Å². The largest absolute Gasteiger partial charge is 0.476 e. The van der Waals surface area contributed by atoms with E-state index < -0.39 is 5.97 Å². The van der Waals surface area contributed by atoms with Crippen LogP contribution >= 0.6 is 0 Å². The Kier molecular flexibility index (Phi) is 1.66. The number of rotatable bonds is 2. The number of hydrogen-bond donors (Lipinski definition) is 3. The first-order valence-electron chi connectivity index (χ1n) is 4.10. The van der Waals surface area contributed by atoms with Gasteiger partial charge in [-0.05, 0) is 0 Å². The van der Waals surface area contributed by atoms with Crippen molar-refractivity contribution in [3.8, 4) is 0 Å². The molecule has 14 heavy (non-hydrogen) atoms. The zero-order valence-corrected chi connectivity index (χ0v) is 7.48. The fourth-order valence-corrected chi connectivity index (χ4v) is 1.20. The quantitative estimate of drug-likeness (QED) is 0.619. The number of nitrogen functional groups attached to an aromatic ring is 1. The SMILES string of the molecule is CCc1nc2c(N)c(C(=O)O)[nH]n2n1. The molecule has 2 rings (SSSR count). The van der Waals surface area contributed by atoms with Gasteiger partial charge in [0.2, 0.25) is 0 Å². The molecule has 0 bridgehead atoms. The van der Waals surface area contributed by atoms with E-state index in [0.29, 0.717) is 17.9 Å². The maximum Gasteiger partial charge on any atom is 0.356 e. The Morgan fingerprint density at radius 3 is 2.93 bits per heavy atom. The lowest BCUT2D eigenvalue weighted by Gasteiger charge is -1.88. The molecule has 0 amide bonds. The van der Waals surface area contributed by atoms with Gasteiger partial charge in [-0.25, -0.2) is 9.78 Å². The van der Waals surface area contributed by atoms with Gasteiger partial charge in [0.25, 0.3) is 0 Å². The van der Waals surface area contributed by atoms with Gasteiger partial charge in [-0.15, -0.1) is 5.10 Å². The zero-order chi connectivity index (χ0) is 10.3. The highest BCUT2D eigenvalue weighted by Gasteiger charge is 2.17. The second-order valence-corrected chi connectivity index (χ2v) is 2.82. The van der Waals surface area contributed by atoms with E-state index in [1.165, 1.54) is 4.63 Å². The number of aryl methyl sites for hydroxylation is 1. The summed E-state index contributed by atoms with van der Waals surface area (Å²) in [5.41, 5.74) is 5.97. The van der Waals surface area contributed by atoms with Crippen molar-refractivity contribution in [2.45, 2.75) is 13.3 Å². The minimum absolute atomic E-state index is 0.0809. The smallest absolute Gasteiger partial charge is 0.356 e. The Hall–Kier alpha value is -2.05.